The van der Waals surface area contributed by atoms with Crippen molar-refractivity contribution >= 4 is 28.9 Å². The number of aliphatic hydroxyl groups is 1. The van der Waals surface area contributed by atoms with E-state index in [9.17, 15) is 19.8 Å². The molecule has 252 valence electrons. The standard InChI is InChI=1S/C30H41NO6S.C6H14O/c1-20-5-7-21(8-6-20)27(32)31(25-17-24(11-13-29(2,3)4)38-26(25)28(33)34)22-9-14-30(35,15-10-22)19-37-23-12-16-36-18-23;1-5(2)7-6(3)4/h5,17,21-23,35H,6-10,12,14-16,18-19H2,1-4H3,(H,33,34);5-6H,1-4H3/t21-,22-,23-,30+;/m0./s1. The molecule has 1 saturated heterocycles. The van der Waals surface area contributed by atoms with Crippen molar-refractivity contribution < 1.29 is 34.0 Å². The third-order valence-corrected chi connectivity index (χ3v) is 9.25. The average Bonchev–Trinajstić information content (AvgIpc) is 3.62. The van der Waals surface area contributed by atoms with Crippen molar-refractivity contribution in [1.82, 2.24) is 0 Å². The van der Waals surface area contributed by atoms with Crippen LogP contribution in [0.1, 0.15) is 121 Å². The van der Waals surface area contributed by atoms with Crippen LogP contribution >= 0.6 is 11.3 Å². The Morgan fingerprint density at radius 3 is 2.29 bits per heavy atom. The van der Waals surface area contributed by atoms with Crippen molar-refractivity contribution in [2.24, 2.45) is 11.3 Å². The number of ether oxygens (including phenoxy) is 3. The van der Waals surface area contributed by atoms with Gasteiger partial charge in [0, 0.05) is 24.0 Å². The van der Waals surface area contributed by atoms with Gasteiger partial charge in [0.25, 0.3) is 0 Å². The van der Waals surface area contributed by atoms with Gasteiger partial charge in [0.1, 0.15) is 4.88 Å². The molecule has 2 fully saturated rings. The summed E-state index contributed by atoms with van der Waals surface area (Å²) in [5, 5.41) is 21.3. The highest BCUT2D eigenvalue weighted by molar-refractivity contribution is 7.15. The highest BCUT2D eigenvalue weighted by Gasteiger charge is 2.41. The second-order valence-corrected chi connectivity index (χ2v) is 15.4. The molecular weight excluding hydrogens is 590 g/mol. The number of anilines is 1. The van der Waals surface area contributed by atoms with Gasteiger partial charge in [-0.1, -0.05) is 23.5 Å². The van der Waals surface area contributed by atoms with E-state index in [0.717, 1.165) is 30.6 Å². The minimum atomic E-state index is -1.05. The van der Waals surface area contributed by atoms with Gasteiger partial charge in [-0.05, 0) is 113 Å². The van der Waals surface area contributed by atoms with Crippen LogP contribution in [-0.4, -0.2) is 71.9 Å². The molecule has 2 atom stereocenters. The number of hydrogen-bond donors (Lipinski definition) is 2. The summed E-state index contributed by atoms with van der Waals surface area (Å²) in [6.07, 6.45) is 8.16. The zero-order chi connectivity index (χ0) is 33.4. The first-order valence-corrected chi connectivity index (χ1v) is 17.3. The second-order valence-electron chi connectivity index (χ2n) is 14.3. The molecule has 2 aliphatic carbocycles. The molecule has 45 heavy (non-hydrogen) atoms. The molecule has 2 N–H and O–H groups in total. The number of nitrogens with zero attached hydrogens (tertiary/aromatic N) is 1. The van der Waals surface area contributed by atoms with E-state index in [-0.39, 0.29) is 40.9 Å². The third kappa shape index (κ3) is 11.8. The van der Waals surface area contributed by atoms with Crippen LogP contribution in [0.15, 0.2) is 17.7 Å². The summed E-state index contributed by atoms with van der Waals surface area (Å²) in [5.74, 6) is 5.05. The zero-order valence-corrected chi connectivity index (χ0v) is 29.4. The number of carboxylic acid groups (broad SMARTS) is 1. The number of carboxylic acids is 1. The van der Waals surface area contributed by atoms with E-state index >= 15 is 0 Å². The molecule has 0 radical (unpaired) electrons. The van der Waals surface area contributed by atoms with Crippen LogP contribution in [0.3, 0.4) is 0 Å². The topological polar surface area (TPSA) is 106 Å². The molecule has 1 aliphatic heterocycles. The quantitative estimate of drug-likeness (QED) is 0.216. The number of carbonyl (C=O) groups is 2. The molecule has 3 aliphatic rings. The molecule has 0 aromatic carbocycles. The molecule has 0 unspecified atom stereocenters. The molecule has 1 aromatic rings. The average molecular weight is 646 g/mol. The van der Waals surface area contributed by atoms with E-state index < -0.39 is 11.6 Å². The van der Waals surface area contributed by atoms with Gasteiger partial charge in [-0.2, -0.15) is 0 Å². The minimum absolute atomic E-state index is 0.0224. The SMILES string of the molecule is CC(C)OC(C)C.CC1=CC[C@H](C(=O)N(c2cc(C#CC(C)(C)C)sc2C(=O)O)[C@H]2CC[C@](O)(CO[C@H]3CCOC3)CC2)CC1. The van der Waals surface area contributed by atoms with E-state index in [2.05, 4.69) is 24.8 Å². The van der Waals surface area contributed by atoms with Gasteiger partial charge in [-0.3, -0.25) is 4.79 Å². The van der Waals surface area contributed by atoms with Gasteiger partial charge in [0.05, 0.1) is 47.7 Å². The van der Waals surface area contributed by atoms with Crippen molar-refractivity contribution in [2.45, 2.75) is 137 Å². The molecule has 1 amide bonds. The van der Waals surface area contributed by atoms with E-state index in [4.69, 9.17) is 14.2 Å². The fourth-order valence-corrected chi connectivity index (χ4v) is 6.75. The van der Waals surface area contributed by atoms with Gasteiger partial charge >= 0.3 is 5.97 Å². The molecule has 1 aromatic heterocycles. The van der Waals surface area contributed by atoms with Crippen LogP contribution in [0.25, 0.3) is 0 Å². The molecule has 2 heterocycles. The summed E-state index contributed by atoms with van der Waals surface area (Å²) >= 11 is 1.13. The Kier molecular flexibility index (Phi) is 13.7. The number of allylic oxidation sites excluding steroid dienone is 2. The highest BCUT2D eigenvalue weighted by Crippen LogP contribution is 2.40. The third-order valence-electron chi connectivity index (χ3n) is 8.22. The molecule has 1 saturated carbocycles. The lowest BCUT2D eigenvalue weighted by atomic mass is 9.81. The lowest BCUT2D eigenvalue weighted by Crippen LogP contribution is -2.50. The maximum absolute atomic E-state index is 14.0. The molecule has 0 bridgehead atoms. The Labute approximate surface area is 274 Å². The predicted octanol–water partition coefficient (Wildman–Crippen LogP) is 7.22. The fourth-order valence-electron chi connectivity index (χ4n) is 5.91. The lowest BCUT2D eigenvalue weighted by Gasteiger charge is -2.42. The van der Waals surface area contributed by atoms with Crippen LogP contribution in [0.4, 0.5) is 5.69 Å². The van der Waals surface area contributed by atoms with Crippen molar-refractivity contribution in [3.63, 3.8) is 0 Å². The molecular formula is C36H55NO7S. The summed E-state index contributed by atoms with van der Waals surface area (Å²) in [6, 6.07) is 1.58. The number of rotatable bonds is 9. The Morgan fingerprint density at radius 1 is 1.13 bits per heavy atom. The molecule has 8 nitrogen and oxygen atoms in total. The number of aromatic carboxylic acids is 1. The van der Waals surface area contributed by atoms with Gasteiger partial charge < -0.3 is 29.3 Å². The predicted molar refractivity (Wildman–Crippen MR) is 180 cm³/mol. The van der Waals surface area contributed by atoms with E-state index in [1.54, 1.807) is 11.0 Å². The van der Waals surface area contributed by atoms with Gasteiger partial charge in [0.2, 0.25) is 5.91 Å². The van der Waals surface area contributed by atoms with Crippen molar-refractivity contribution in [1.29, 1.82) is 0 Å². The number of thiophene rings is 1. The van der Waals surface area contributed by atoms with Crippen molar-refractivity contribution in [3.05, 3.63) is 27.5 Å². The summed E-state index contributed by atoms with van der Waals surface area (Å²) in [5.41, 5.74) is 0.548. The van der Waals surface area contributed by atoms with Crippen LogP contribution in [0, 0.1) is 23.2 Å². The van der Waals surface area contributed by atoms with Crippen molar-refractivity contribution in [2.75, 3.05) is 24.7 Å². The Bertz CT molecular complexity index is 1210. The van der Waals surface area contributed by atoms with Crippen LogP contribution in [-0.2, 0) is 19.0 Å². The van der Waals surface area contributed by atoms with Crippen LogP contribution in [0.2, 0.25) is 0 Å². The summed E-state index contributed by atoms with van der Waals surface area (Å²) < 4.78 is 16.6. The Hall–Kier alpha value is -2.22. The zero-order valence-electron chi connectivity index (χ0n) is 28.6. The van der Waals surface area contributed by atoms with E-state index in [1.165, 1.54) is 5.57 Å². The Balaban J connectivity index is 0.000000707. The van der Waals surface area contributed by atoms with Crippen molar-refractivity contribution in [3.8, 4) is 11.8 Å². The normalized spacial score (nSPS) is 25.2. The largest absolute Gasteiger partial charge is 0.477 e. The first kappa shape index (κ1) is 37.2. The molecule has 0 spiro atoms. The summed E-state index contributed by atoms with van der Waals surface area (Å²) in [6.45, 7) is 17.8. The Morgan fingerprint density at radius 2 is 1.80 bits per heavy atom. The number of hydrogen-bond acceptors (Lipinski definition) is 7. The molecule has 9 heteroatoms. The first-order valence-electron chi connectivity index (χ1n) is 16.5. The molecule has 4 rings (SSSR count). The lowest BCUT2D eigenvalue weighted by molar-refractivity contribution is -0.124. The maximum atomic E-state index is 14.0. The van der Waals surface area contributed by atoms with E-state index in [0.29, 0.717) is 68.1 Å². The first-order chi connectivity index (χ1) is 21.1. The van der Waals surface area contributed by atoms with E-state index in [1.807, 2.05) is 48.5 Å². The second kappa shape index (κ2) is 16.6. The minimum Gasteiger partial charge on any atom is -0.477 e. The van der Waals surface area contributed by atoms with Crippen LogP contribution < -0.4 is 4.90 Å². The maximum Gasteiger partial charge on any atom is 0.348 e. The summed E-state index contributed by atoms with van der Waals surface area (Å²) in [7, 11) is 0. The van der Waals surface area contributed by atoms with Crippen LogP contribution in [0.5, 0.6) is 0 Å². The smallest absolute Gasteiger partial charge is 0.348 e. The van der Waals surface area contributed by atoms with Gasteiger partial charge in [-0.15, -0.1) is 11.3 Å². The highest BCUT2D eigenvalue weighted by atomic mass is 32.1. The summed E-state index contributed by atoms with van der Waals surface area (Å²) in [4.78, 5) is 28.9. The monoisotopic (exact) mass is 645 g/mol. The van der Waals surface area contributed by atoms with Gasteiger partial charge in [-0.25, -0.2) is 4.79 Å². The van der Waals surface area contributed by atoms with Gasteiger partial charge in [0.15, 0.2) is 0 Å². The fraction of sp³-hybridized carbons (Fsp3) is 0.722. The number of amides is 1. The number of carbonyl (C=O) groups excluding carboxylic acids is 1.